The second-order valence-electron chi connectivity index (χ2n) is 8.98. The average molecular weight is 507 g/mol. The van der Waals surface area contributed by atoms with E-state index in [0.29, 0.717) is 18.7 Å². The SMILES string of the molecule is O=C1C[C@H](C(=O)N2CCN(Cc3ccc4c(c3)CCO4)CC2)C(c2ccc(SC(F)(F)F)cc2)O1. The first-order chi connectivity index (χ1) is 16.7. The Bertz CT molecular complexity index is 1100. The Morgan fingerprint density at radius 2 is 1.80 bits per heavy atom. The number of benzene rings is 2. The fourth-order valence-corrected chi connectivity index (χ4v) is 5.43. The van der Waals surface area contributed by atoms with Gasteiger partial charge in [-0.25, -0.2) is 0 Å². The van der Waals surface area contributed by atoms with Crippen LogP contribution in [0.4, 0.5) is 13.2 Å². The number of carbonyl (C=O) groups excluding carboxylic acids is 2. The Hall–Kier alpha value is -2.72. The number of halogens is 3. The lowest BCUT2D eigenvalue weighted by molar-refractivity contribution is -0.142. The molecule has 1 amide bonds. The summed E-state index contributed by atoms with van der Waals surface area (Å²) in [5, 5.41) is 0. The molecule has 2 fully saturated rings. The Morgan fingerprint density at radius 1 is 1.06 bits per heavy atom. The maximum absolute atomic E-state index is 13.3. The third kappa shape index (κ3) is 5.59. The van der Waals surface area contributed by atoms with E-state index in [1.54, 1.807) is 4.90 Å². The van der Waals surface area contributed by atoms with Crippen LogP contribution < -0.4 is 4.74 Å². The quantitative estimate of drug-likeness (QED) is 0.448. The van der Waals surface area contributed by atoms with Gasteiger partial charge in [0.1, 0.15) is 11.9 Å². The minimum atomic E-state index is -4.38. The van der Waals surface area contributed by atoms with Crippen molar-refractivity contribution in [2.75, 3.05) is 32.8 Å². The van der Waals surface area contributed by atoms with E-state index >= 15 is 0 Å². The summed E-state index contributed by atoms with van der Waals surface area (Å²) < 4.78 is 48.8. The van der Waals surface area contributed by atoms with Crippen molar-refractivity contribution in [1.29, 1.82) is 0 Å². The molecule has 6 nitrogen and oxygen atoms in total. The van der Waals surface area contributed by atoms with Crippen molar-refractivity contribution in [2.24, 2.45) is 5.92 Å². The first-order valence-electron chi connectivity index (χ1n) is 11.6. The van der Waals surface area contributed by atoms with Crippen LogP contribution >= 0.6 is 11.8 Å². The predicted octanol–water partition coefficient (Wildman–Crippen LogP) is 4.18. The molecule has 0 aromatic heterocycles. The predicted molar refractivity (Wildman–Crippen MR) is 123 cm³/mol. The number of nitrogens with zero attached hydrogens (tertiary/aromatic N) is 2. The van der Waals surface area contributed by atoms with Gasteiger partial charge in [0, 0.05) is 44.0 Å². The van der Waals surface area contributed by atoms with Crippen LogP contribution in [0.25, 0.3) is 0 Å². The molecule has 0 N–H and O–H groups in total. The fraction of sp³-hybridized carbons (Fsp3) is 0.440. The molecule has 2 aromatic rings. The number of hydrogen-bond acceptors (Lipinski definition) is 6. The van der Waals surface area contributed by atoms with Gasteiger partial charge < -0.3 is 14.4 Å². The minimum Gasteiger partial charge on any atom is -0.493 e. The van der Waals surface area contributed by atoms with Gasteiger partial charge in [-0.2, -0.15) is 13.2 Å². The lowest BCUT2D eigenvalue weighted by Gasteiger charge is -2.36. The van der Waals surface area contributed by atoms with Crippen LogP contribution in [-0.4, -0.2) is 60.0 Å². The average Bonchev–Trinajstić information content (AvgIpc) is 3.45. The van der Waals surface area contributed by atoms with E-state index in [-0.39, 0.29) is 29.0 Å². The van der Waals surface area contributed by atoms with Crippen LogP contribution in [0.15, 0.2) is 47.4 Å². The second-order valence-corrected chi connectivity index (χ2v) is 10.1. The van der Waals surface area contributed by atoms with Gasteiger partial charge in [-0.15, -0.1) is 0 Å². The highest BCUT2D eigenvalue weighted by Crippen LogP contribution is 2.40. The summed E-state index contributed by atoms with van der Waals surface area (Å²) in [5.41, 5.74) is -1.40. The summed E-state index contributed by atoms with van der Waals surface area (Å²) in [5.74, 6) is -0.335. The molecule has 2 saturated heterocycles. The van der Waals surface area contributed by atoms with Crippen LogP contribution in [0.2, 0.25) is 0 Å². The van der Waals surface area contributed by atoms with Crippen molar-refractivity contribution >= 4 is 23.6 Å². The molecule has 0 bridgehead atoms. The molecule has 0 aliphatic carbocycles. The summed E-state index contributed by atoms with van der Waals surface area (Å²) in [6.07, 6.45) is 0.116. The summed E-state index contributed by atoms with van der Waals surface area (Å²) in [6.45, 7) is 4.05. The molecule has 35 heavy (non-hydrogen) atoms. The standard InChI is InChI=1S/C25H25F3N2O4S/c26-25(27,28)35-19-4-2-17(3-5-19)23-20(14-22(31)34-23)24(32)30-10-8-29(9-11-30)15-16-1-6-21-18(13-16)7-12-33-21/h1-6,13,20,23H,7-12,14-15H2/t20-,23?/m0/s1. The van der Waals surface area contributed by atoms with Crippen molar-refractivity contribution in [3.8, 4) is 5.75 Å². The molecule has 2 atom stereocenters. The van der Waals surface area contributed by atoms with Crippen molar-refractivity contribution in [3.63, 3.8) is 0 Å². The third-order valence-corrected chi connectivity index (χ3v) is 7.35. The summed E-state index contributed by atoms with van der Waals surface area (Å²) >= 11 is -0.205. The van der Waals surface area contributed by atoms with Gasteiger partial charge in [-0.3, -0.25) is 14.5 Å². The number of piperazine rings is 1. The van der Waals surface area contributed by atoms with Crippen LogP contribution in [0.1, 0.15) is 29.2 Å². The van der Waals surface area contributed by atoms with Crippen molar-refractivity contribution in [1.82, 2.24) is 9.80 Å². The van der Waals surface area contributed by atoms with Crippen molar-refractivity contribution in [2.45, 2.75) is 35.9 Å². The van der Waals surface area contributed by atoms with E-state index in [9.17, 15) is 22.8 Å². The second kappa shape index (κ2) is 9.73. The molecule has 1 unspecified atom stereocenters. The summed E-state index contributed by atoms with van der Waals surface area (Å²) in [4.78, 5) is 29.4. The topological polar surface area (TPSA) is 59.1 Å². The van der Waals surface area contributed by atoms with E-state index in [1.807, 2.05) is 6.07 Å². The maximum Gasteiger partial charge on any atom is 0.446 e. The Morgan fingerprint density at radius 3 is 2.51 bits per heavy atom. The highest BCUT2D eigenvalue weighted by molar-refractivity contribution is 8.00. The zero-order valence-corrected chi connectivity index (χ0v) is 19.7. The van der Waals surface area contributed by atoms with Gasteiger partial charge in [-0.1, -0.05) is 24.3 Å². The van der Waals surface area contributed by atoms with Crippen LogP contribution in [-0.2, 0) is 27.3 Å². The smallest absolute Gasteiger partial charge is 0.446 e. The number of carbonyl (C=O) groups is 2. The number of cyclic esters (lactones) is 1. The van der Waals surface area contributed by atoms with E-state index in [4.69, 9.17) is 9.47 Å². The Balaban J connectivity index is 1.19. The fourth-order valence-electron chi connectivity index (χ4n) is 4.89. The van der Waals surface area contributed by atoms with Gasteiger partial charge in [-0.05, 0) is 46.7 Å². The first-order valence-corrected chi connectivity index (χ1v) is 12.4. The number of hydrogen-bond donors (Lipinski definition) is 0. The van der Waals surface area contributed by atoms with Crippen LogP contribution in [0, 0.1) is 5.92 Å². The van der Waals surface area contributed by atoms with Gasteiger partial charge in [0.25, 0.3) is 0 Å². The van der Waals surface area contributed by atoms with E-state index in [2.05, 4.69) is 17.0 Å². The van der Waals surface area contributed by atoms with Crippen LogP contribution in [0.5, 0.6) is 5.75 Å². The Kier molecular flexibility index (Phi) is 6.67. The van der Waals surface area contributed by atoms with Crippen LogP contribution in [0.3, 0.4) is 0 Å². The highest BCUT2D eigenvalue weighted by Gasteiger charge is 2.43. The van der Waals surface area contributed by atoms with Gasteiger partial charge >= 0.3 is 11.5 Å². The number of rotatable bonds is 5. The normalized spacial score (nSPS) is 22.6. The zero-order valence-electron chi connectivity index (χ0n) is 18.9. The molecule has 5 rings (SSSR count). The highest BCUT2D eigenvalue weighted by atomic mass is 32.2. The number of thioether (sulfide) groups is 1. The first kappa shape index (κ1) is 24.0. The van der Waals surface area contributed by atoms with Gasteiger partial charge in [0.2, 0.25) is 5.91 Å². The summed E-state index contributed by atoms with van der Waals surface area (Å²) in [7, 11) is 0. The van der Waals surface area contributed by atoms with Gasteiger partial charge in [0.15, 0.2) is 0 Å². The third-order valence-electron chi connectivity index (χ3n) is 6.61. The lowest BCUT2D eigenvalue weighted by Crippen LogP contribution is -2.50. The molecular weight excluding hydrogens is 481 g/mol. The zero-order chi connectivity index (χ0) is 24.6. The molecule has 10 heteroatoms. The Labute approximate surface area is 205 Å². The molecule has 3 aliphatic rings. The molecule has 186 valence electrons. The van der Waals surface area contributed by atoms with E-state index < -0.39 is 23.5 Å². The number of fused-ring (bicyclic) bond motifs is 1. The number of alkyl halides is 3. The van der Waals surface area contributed by atoms with Crippen molar-refractivity contribution < 1.29 is 32.2 Å². The molecule has 3 aliphatic heterocycles. The number of esters is 1. The number of amides is 1. The monoisotopic (exact) mass is 506 g/mol. The number of ether oxygens (including phenoxy) is 2. The van der Waals surface area contributed by atoms with Crippen molar-refractivity contribution in [3.05, 3.63) is 59.2 Å². The minimum absolute atomic E-state index is 0.0278. The molecule has 3 heterocycles. The molecule has 0 radical (unpaired) electrons. The van der Waals surface area contributed by atoms with E-state index in [1.165, 1.54) is 35.4 Å². The lowest BCUT2D eigenvalue weighted by atomic mass is 9.93. The molecule has 0 spiro atoms. The van der Waals surface area contributed by atoms with Gasteiger partial charge in [0.05, 0.1) is 18.9 Å². The molecular formula is C25H25F3N2O4S. The largest absolute Gasteiger partial charge is 0.493 e. The molecule has 0 saturated carbocycles. The van der Waals surface area contributed by atoms with E-state index in [0.717, 1.165) is 38.4 Å². The maximum atomic E-state index is 13.3. The summed E-state index contributed by atoms with van der Waals surface area (Å²) in [6, 6.07) is 11.9. The molecule has 2 aromatic carbocycles.